The third kappa shape index (κ3) is 3.76. The summed E-state index contributed by atoms with van der Waals surface area (Å²) in [6, 6.07) is 7.96. The van der Waals surface area contributed by atoms with Crippen LogP contribution in [0.1, 0.15) is 73.0 Å². The summed E-state index contributed by atoms with van der Waals surface area (Å²) < 4.78 is 7.76. The molecule has 1 aliphatic heterocycles. The number of hydrogen-bond acceptors (Lipinski definition) is 4. The lowest BCUT2D eigenvalue weighted by Crippen LogP contribution is -2.64. The fourth-order valence-electron chi connectivity index (χ4n) is 5.21. The molecule has 1 fully saturated rings. The Labute approximate surface area is 192 Å². The van der Waals surface area contributed by atoms with Gasteiger partial charge >= 0.3 is 0 Å². The van der Waals surface area contributed by atoms with Crippen LogP contribution < -0.4 is 5.32 Å². The number of amides is 2. The second kappa shape index (κ2) is 8.43. The van der Waals surface area contributed by atoms with Crippen molar-refractivity contribution in [1.29, 1.82) is 0 Å². The molecule has 0 unspecified atom stereocenters. The second-order valence-electron chi connectivity index (χ2n) is 9.48. The second-order valence-corrected chi connectivity index (χ2v) is 10.5. The first-order valence-corrected chi connectivity index (χ1v) is 12.6. The first-order valence-electron chi connectivity index (χ1n) is 11.7. The van der Waals surface area contributed by atoms with Crippen LogP contribution in [0.2, 0.25) is 0 Å². The van der Waals surface area contributed by atoms with Crippen LogP contribution in [0.4, 0.5) is 0 Å². The molecule has 0 radical (unpaired) electrons. The van der Waals surface area contributed by atoms with E-state index in [1.807, 2.05) is 48.1 Å². The number of rotatable bonds is 4. The molecular formula is C25H31N3O3S. The molecule has 2 amide bonds. The molecule has 6 nitrogen and oxygen atoms in total. The summed E-state index contributed by atoms with van der Waals surface area (Å²) >= 11 is 1.61. The number of aromatic nitrogens is 1. The van der Waals surface area contributed by atoms with Gasteiger partial charge in [0.1, 0.15) is 17.0 Å². The zero-order valence-corrected chi connectivity index (χ0v) is 19.7. The third-order valence-electron chi connectivity index (χ3n) is 7.06. The summed E-state index contributed by atoms with van der Waals surface area (Å²) in [5.41, 5.74) is 1.19. The van der Waals surface area contributed by atoms with Gasteiger partial charge in [-0.2, -0.15) is 0 Å². The summed E-state index contributed by atoms with van der Waals surface area (Å²) in [5, 5.41) is 5.35. The van der Waals surface area contributed by atoms with E-state index in [1.54, 1.807) is 16.2 Å². The van der Waals surface area contributed by atoms with Gasteiger partial charge in [0.05, 0.1) is 18.6 Å². The summed E-state index contributed by atoms with van der Waals surface area (Å²) in [6.07, 6.45) is 8.08. The van der Waals surface area contributed by atoms with Crippen molar-refractivity contribution in [2.24, 2.45) is 0 Å². The molecule has 1 N–H and O–H groups in total. The molecule has 1 atom stereocenters. The van der Waals surface area contributed by atoms with E-state index in [0.29, 0.717) is 24.4 Å². The van der Waals surface area contributed by atoms with Crippen molar-refractivity contribution in [3.05, 3.63) is 46.0 Å². The largest absolute Gasteiger partial charge is 0.460 e. The maximum absolute atomic E-state index is 13.8. The molecular weight excluding hydrogens is 422 g/mol. The topological polar surface area (TPSA) is 67.5 Å². The highest BCUT2D eigenvalue weighted by atomic mass is 32.1. The van der Waals surface area contributed by atoms with Gasteiger partial charge in [-0.3, -0.25) is 9.59 Å². The van der Waals surface area contributed by atoms with Gasteiger partial charge in [0.25, 0.3) is 5.91 Å². The Hall–Kier alpha value is -2.54. The number of furan rings is 1. The van der Waals surface area contributed by atoms with Gasteiger partial charge in [0.15, 0.2) is 5.58 Å². The van der Waals surface area contributed by atoms with E-state index in [-0.39, 0.29) is 17.9 Å². The fourth-order valence-corrected chi connectivity index (χ4v) is 5.90. The van der Waals surface area contributed by atoms with Crippen molar-refractivity contribution < 1.29 is 14.0 Å². The lowest BCUT2D eigenvalue weighted by molar-refractivity contribution is -0.134. The number of carbonyl (C=O) groups is 2. The number of nitrogens with one attached hydrogen (secondary N) is 1. The summed E-state index contributed by atoms with van der Waals surface area (Å²) in [5.74, 6) is 0.629. The van der Waals surface area contributed by atoms with Crippen LogP contribution >= 0.6 is 11.3 Å². The Morgan fingerprint density at radius 3 is 2.69 bits per heavy atom. The average Bonchev–Trinajstić information content (AvgIpc) is 3.44. The Bertz CT molecular complexity index is 1120. The number of thiophene rings is 1. The highest BCUT2D eigenvalue weighted by molar-refractivity contribution is 7.09. The highest BCUT2D eigenvalue weighted by Crippen LogP contribution is 2.35. The predicted molar refractivity (Wildman–Crippen MR) is 126 cm³/mol. The maximum Gasteiger partial charge on any atom is 0.271 e. The minimum Gasteiger partial charge on any atom is -0.460 e. The van der Waals surface area contributed by atoms with Gasteiger partial charge < -0.3 is 19.2 Å². The molecule has 0 saturated heterocycles. The van der Waals surface area contributed by atoms with Crippen molar-refractivity contribution >= 4 is 34.3 Å². The molecule has 0 bridgehead atoms. The quantitative estimate of drug-likeness (QED) is 0.587. The Morgan fingerprint density at radius 2 is 1.97 bits per heavy atom. The molecule has 1 saturated carbocycles. The molecule has 170 valence electrons. The number of carbonyl (C=O) groups excluding carboxylic acids is 2. The first kappa shape index (κ1) is 21.3. The normalized spacial score (nSPS) is 22.6. The standard InChI is InChI=1S/C25H31N3O3S/c1-17-13-20-22(31-17)14-21-23(29)28(15-19-11-8-12-32-19)25(2,16-27(20)21)24(30)26-18-9-6-4-3-5-7-10-18/h8,11-14,18H,3-7,9-10,15-16H2,1-2H3,(H,26,30)/t25-/m0/s1. The van der Waals surface area contributed by atoms with E-state index in [0.717, 1.165) is 41.8 Å². The highest BCUT2D eigenvalue weighted by Gasteiger charge is 2.48. The average molecular weight is 454 g/mol. The Balaban J connectivity index is 1.50. The Kier molecular flexibility index (Phi) is 5.61. The zero-order valence-electron chi connectivity index (χ0n) is 18.9. The van der Waals surface area contributed by atoms with Gasteiger partial charge in [0, 0.05) is 23.1 Å². The minimum atomic E-state index is -0.979. The molecule has 1 aliphatic carbocycles. The third-order valence-corrected chi connectivity index (χ3v) is 7.92. The molecule has 32 heavy (non-hydrogen) atoms. The lowest BCUT2D eigenvalue weighted by atomic mass is 9.92. The monoisotopic (exact) mass is 453 g/mol. The lowest BCUT2D eigenvalue weighted by Gasteiger charge is -2.44. The van der Waals surface area contributed by atoms with E-state index < -0.39 is 5.54 Å². The number of nitrogens with zero attached hydrogens (tertiary/aromatic N) is 2. The first-order chi connectivity index (χ1) is 15.5. The minimum absolute atomic E-state index is 0.0549. The number of hydrogen-bond donors (Lipinski definition) is 1. The SMILES string of the molecule is Cc1cc2c(cc3n2C[C@@](C)(C(=O)NC2CCCCCCC2)N(Cc2cccs2)C3=O)o1. The summed E-state index contributed by atoms with van der Waals surface area (Å²) in [4.78, 5) is 30.3. The number of fused-ring (bicyclic) bond motifs is 3. The van der Waals surface area contributed by atoms with E-state index >= 15 is 0 Å². The van der Waals surface area contributed by atoms with E-state index in [1.165, 1.54) is 19.3 Å². The van der Waals surface area contributed by atoms with Gasteiger partial charge in [-0.25, -0.2) is 0 Å². The zero-order chi connectivity index (χ0) is 22.3. The molecule has 3 aromatic rings. The van der Waals surface area contributed by atoms with Crippen molar-refractivity contribution in [1.82, 2.24) is 14.8 Å². The molecule has 0 aromatic carbocycles. The van der Waals surface area contributed by atoms with Crippen LogP contribution in [0, 0.1) is 6.92 Å². The Morgan fingerprint density at radius 1 is 1.22 bits per heavy atom. The van der Waals surface area contributed by atoms with Gasteiger partial charge in [0.2, 0.25) is 5.91 Å². The van der Waals surface area contributed by atoms with Crippen molar-refractivity contribution in [3.8, 4) is 0 Å². The molecule has 7 heteroatoms. The smallest absolute Gasteiger partial charge is 0.271 e. The van der Waals surface area contributed by atoms with Gasteiger partial charge in [-0.05, 0) is 38.1 Å². The van der Waals surface area contributed by atoms with E-state index in [4.69, 9.17) is 4.42 Å². The van der Waals surface area contributed by atoms with Gasteiger partial charge in [-0.15, -0.1) is 11.3 Å². The number of aryl methyl sites for hydroxylation is 1. The van der Waals surface area contributed by atoms with Crippen LogP contribution in [0.25, 0.3) is 11.1 Å². The molecule has 3 aromatic heterocycles. The molecule has 4 heterocycles. The van der Waals surface area contributed by atoms with E-state index in [2.05, 4.69) is 5.32 Å². The van der Waals surface area contributed by atoms with Crippen molar-refractivity contribution in [3.63, 3.8) is 0 Å². The van der Waals surface area contributed by atoms with Crippen LogP contribution in [0.3, 0.4) is 0 Å². The summed E-state index contributed by atoms with van der Waals surface area (Å²) in [6.45, 7) is 4.66. The predicted octanol–water partition coefficient (Wildman–Crippen LogP) is 5.25. The maximum atomic E-state index is 13.8. The van der Waals surface area contributed by atoms with Crippen LogP contribution in [-0.4, -0.2) is 32.9 Å². The van der Waals surface area contributed by atoms with E-state index in [9.17, 15) is 9.59 Å². The molecule has 0 spiro atoms. The van der Waals surface area contributed by atoms with Crippen molar-refractivity contribution in [2.45, 2.75) is 83.5 Å². The summed E-state index contributed by atoms with van der Waals surface area (Å²) in [7, 11) is 0. The molecule has 5 rings (SSSR count). The van der Waals surface area contributed by atoms with Crippen LogP contribution in [0.5, 0.6) is 0 Å². The molecule has 2 aliphatic rings. The van der Waals surface area contributed by atoms with Crippen LogP contribution in [-0.2, 0) is 17.9 Å². The van der Waals surface area contributed by atoms with Crippen LogP contribution in [0.15, 0.2) is 34.1 Å². The van der Waals surface area contributed by atoms with Gasteiger partial charge in [-0.1, -0.05) is 38.2 Å². The fraction of sp³-hybridized carbons (Fsp3) is 0.520. The van der Waals surface area contributed by atoms with Crippen molar-refractivity contribution in [2.75, 3.05) is 0 Å².